The van der Waals surface area contributed by atoms with Crippen LogP contribution in [0.5, 0.6) is 0 Å². The third-order valence-corrected chi connectivity index (χ3v) is 6.09. The molecule has 3 rings (SSSR count). The molecule has 3 heteroatoms. The van der Waals surface area contributed by atoms with Crippen LogP contribution >= 0.6 is 11.3 Å². The van der Waals surface area contributed by atoms with E-state index >= 15 is 0 Å². The van der Waals surface area contributed by atoms with Crippen LogP contribution in [0.1, 0.15) is 68.0 Å². The highest BCUT2D eigenvalue weighted by atomic mass is 32.1. The molecule has 106 valence electrons. The normalized spacial score (nSPS) is 30.5. The first-order valence-electron chi connectivity index (χ1n) is 7.97. The maximum absolute atomic E-state index is 5.05. The van der Waals surface area contributed by atoms with Gasteiger partial charge in [0.25, 0.3) is 0 Å². The molecule has 1 aromatic heterocycles. The molecule has 0 amide bonds. The van der Waals surface area contributed by atoms with Crippen molar-refractivity contribution in [1.29, 1.82) is 0 Å². The Balaban J connectivity index is 1.88. The van der Waals surface area contributed by atoms with Crippen LogP contribution in [0.15, 0.2) is 0 Å². The Morgan fingerprint density at radius 3 is 2.89 bits per heavy atom. The van der Waals surface area contributed by atoms with Crippen LogP contribution < -0.4 is 5.32 Å². The summed E-state index contributed by atoms with van der Waals surface area (Å²) in [6.07, 6.45) is 10.3. The van der Waals surface area contributed by atoms with Gasteiger partial charge in [0, 0.05) is 4.88 Å². The zero-order chi connectivity index (χ0) is 13.3. The van der Waals surface area contributed by atoms with Crippen LogP contribution in [0.3, 0.4) is 0 Å². The minimum Gasteiger partial charge on any atom is -0.305 e. The highest BCUT2D eigenvalue weighted by molar-refractivity contribution is 7.11. The second-order valence-electron chi connectivity index (χ2n) is 6.45. The lowest BCUT2D eigenvalue weighted by Gasteiger charge is -2.28. The van der Waals surface area contributed by atoms with Crippen molar-refractivity contribution in [3.63, 3.8) is 0 Å². The van der Waals surface area contributed by atoms with Crippen molar-refractivity contribution in [2.75, 3.05) is 6.54 Å². The van der Waals surface area contributed by atoms with Crippen LogP contribution in [-0.2, 0) is 18.4 Å². The monoisotopic (exact) mass is 278 g/mol. The standard InChI is InChI=1S/C16H26N2S/c1-3-10-17-16(9-8-12(2)11-16)15-18-13-6-4-5-7-14(13)19-15/h12,17H,3-11H2,1-2H3. The van der Waals surface area contributed by atoms with Gasteiger partial charge in [0.1, 0.15) is 5.01 Å². The van der Waals surface area contributed by atoms with Gasteiger partial charge >= 0.3 is 0 Å². The first kappa shape index (κ1) is 13.6. The number of rotatable bonds is 4. The minimum absolute atomic E-state index is 0.206. The quantitative estimate of drug-likeness (QED) is 0.899. The Morgan fingerprint density at radius 2 is 2.21 bits per heavy atom. The molecule has 0 saturated heterocycles. The van der Waals surface area contributed by atoms with Gasteiger partial charge in [-0.05, 0) is 63.8 Å². The Hall–Kier alpha value is -0.410. The van der Waals surface area contributed by atoms with E-state index in [-0.39, 0.29) is 5.54 Å². The zero-order valence-electron chi connectivity index (χ0n) is 12.3. The Morgan fingerprint density at radius 1 is 1.37 bits per heavy atom. The predicted octanol–water partition coefficient (Wildman–Crippen LogP) is 4.04. The minimum atomic E-state index is 0.206. The maximum atomic E-state index is 5.05. The first-order valence-corrected chi connectivity index (χ1v) is 8.79. The molecule has 19 heavy (non-hydrogen) atoms. The summed E-state index contributed by atoms with van der Waals surface area (Å²) in [6, 6.07) is 0. The van der Waals surface area contributed by atoms with Gasteiger partial charge in [-0.25, -0.2) is 4.98 Å². The topological polar surface area (TPSA) is 24.9 Å². The van der Waals surface area contributed by atoms with Crippen molar-refractivity contribution in [2.24, 2.45) is 5.92 Å². The lowest BCUT2D eigenvalue weighted by Crippen LogP contribution is -2.40. The molecule has 0 radical (unpaired) electrons. The Bertz CT molecular complexity index is 416. The van der Waals surface area contributed by atoms with Crippen molar-refractivity contribution < 1.29 is 0 Å². The number of nitrogens with one attached hydrogen (secondary N) is 1. The number of hydrogen-bond acceptors (Lipinski definition) is 3. The summed E-state index contributed by atoms with van der Waals surface area (Å²) in [5.41, 5.74) is 1.63. The molecule has 1 heterocycles. The van der Waals surface area contributed by atoms with Crippen LogP contribution in [0, 0.1) is 5.92 Å². The number of aryl methyl sites for hydroxylation is 2. The van der Waals surface area contributed by atoms with Crippen molar-refractivity contribution in [3.05, 3.63) is 15.6 Å². The summed E-state index contributed by atoms with van der Waals surface area (Å²) in [7, 11) is 0. The average molecular weight is 278 g/mol. The second kappa shape index (κ2) is 5.53. The van der Waals surface area contributed by atoms with E-state index in [2.05, 4.69) is 19.2 Å². The van der Waals surface area contributed by atoms with Gasteiger partial charge in [-0.15, -0.1) is 11.3 Å². The van der Waals surface area contributed by atoms with Crippen molar-refractivity contribution in [1.82, 2.24) is 10.3 Å². The number of hydrogen-bond donors (Lipinski definition) is 1. The molecule has 2 aliphatic carbocycles. The smallest absolute Gasteiger partial charge is 0.113 e. The fourth-order valence-electron chi connectivity index (χ4n) is 3.64. The van der Waals surface area contributed by atoms with E-state index < -0.39 is 0 Å². The van der Waals surface area contributed by atoms with E-state index in [0.29, 0.717) is 0 Å². The molecule has 2 unspecified atom stereocenters. The first-order chi connectivity index (χ1) is 9.23. The molecule has 0 aromatic carbocycles. The summed E-state index contributed by atoms with van der Waals surface area (Å²) in [6.45, 7) is 5.77. The largest absolute Gasteiger partial charge is 0.305 e. The van der Waals surface area contributed by atoms with E-state index in [4.69, 9.17) is 4.98 Å². The third kappa shape index (κ3) is 2.59. The van der Waals surface area contributed by atoms with E-state index in [1.807, 2.05) is 11.3 Å². The molecule has 2 nitrogen and oxygen atoms in total. The molecular weight excluding hydrogens is 252 g/mol. The molecule has 2 atom stereocenters. The van der Waals surface area contributed by atoms with Gasteiger partial charge in [0.05, 0.1) is 11.2 Å². The Labute approximate surface area is 121 Å². The van der Waals surface area contributed by atoms with E-state index in [0.717, 1.165) is 12.5 Å². The Kier molecular flexibility index (Phi) is 3.95. The third-order valence-electron chi connectivity index (χ3n) is 4.73. The number of fused-ring (bicyclic) bond motifs is 1. The highest BCUT2D eigenvalue weighted by Crippen LogP contribution is 2.44. The van der Waals surface area contributed by atoms with Gasteiger partial charge in [0.15, 0.2) is 0 Å². The zero-order valence-corrected chi connectivity index (χ0v) is 13.1. The van der Waals surface area contributed by atoms with Gasteiger partial charge in [-0.1, -0.05) is 13.8 Å². The lowest BCUT2D eigenvalue weighted by atomic mass is 9.96. The van der Waals surface area contributed by atoms with Crippen LogP contribution in [0.25, 0.3) is 0 Å². The molecule has 0 spiro atoms. The summed E-state index contributed by atoms with van der Waals surface area (Å²) in [5.74, 6) is 0.838. The molecule has 1 N–H and O–H groups in total. The molecule has 2 aliphatic rings. The van der Waals surface area contributed by atoms with Crippen LogP contribution in [0.2, 0.25) is 0 Å². The van der Waals surface area contributed by atoms with Crippen LogP contribution in [0.4, 0.5) is 0 Å². The summed E-state index contributed by atoms with van der Waals surface area (Å²) < 4.78 is 0. The van der Waals surface area contributed by atoms with E-state index in [1.54, 1.807) is 4.88 Å². The van der Waals surface area contributed by atoms with Gasteiger partial charge in [-0.2, -0.15) is 0 Å². The fraction of sp³-hybridized carbons (Fsp3) is 0.812. The van der Waals surface area contributed by atoms with E-state index in [1.165, 1.54) is 62.1 Å². The molecule has 1 saturated carbocycles. The highest BCUT2D eigenvalue weighted by Gasteiger charge is 2.41. The predicted molar refractivity (Wildman–Crippen MR) is 81.7 cm³/mol. The number of aromatic nitrogens is 1. The molecule has 1 fully saturated rings. The number of thiazole rings is 1. The molecule has 0 bridgehead atoms. The maximum Gasteiger partial charge on any atom is 0.113 e. The molecular formula is C16H26N2S. The van der Waals surface area contributed by atoms with Crippen molar-refractivity contribution >= 4 is 11.3 Å². The summed E-state index contributed by atoms with van der Waals surface area (Å²) >= 11 is 2.01. The SMILES string of the molecule is CCCNC1(c2nc3c(s2)CCCC3)CCC(C)C1. The van der Waals surface area contributed by atoms with Gasteiger partial charge in [0.2, 0.25) is 0 Å². The fourth-order valence-corrected chi connectivity index (χ4v) is 5.00. The molecule has 0 aliphatic heterocycles. The number of nitrogens with zero attached hydrogens (tertiary/aromatic N) is 1. The van der Waals surface area contributed by atoms with Crippen molar-refractivity contribution in [3.8, 4) is 0 Å². The lowest BCUT2D eigenvalue weighted by molar-refractivity contribution is 0.329. The molecule has 1 aromatic rings. The average Bonchev–Trinajstić information content (AvgIpc) is 3.01. The van der Waals surface area contributed by atoms with Gasteiger partial charge < -0.3 is 5.32 Å². The van der Waals surface area contributed by atoms with Crippen LogP contribution in [-0.4, -0.2) is 11.5 Å². The second-order valence-corrected chi connectivity index (χ2v) is 7.54. The summed E-state index contributed by atoms with van der Waals surface area (Å²) in [5, 5.41) is 5.25. The van der Waals surface area contributed by atoms with E-state index in [9.17, 15) is 0 Å². The van der Waals surface area contributed by atoms with Crippen molar-refractivity contribution in [2.45, 2.75) is 70.8 Å². The van der Waals surface area contributed by atoms with Gasteiger partial charge in [-0.3, -0.25) is 0 Å². The summed E-state index contributed by atoms with van der Waals surface area (Å²) in [4.78, 5) is 6.63.